The van der Waals surface area contributed by atoms with E-state index < -0.39 is 0 Å². The van der Waals surface area contributed by atoms with Crippen molar-refractivity contribution in [2.24, 2.45) is 5.92 Å². The summed E-state index contributed by atoms with van der Waals surface area (Å²) in [5, 5.41) is 0. The van der Waals surface area contributed by atoms with Crippen molar-refractivity contribution in [3.63, 3.8) is 0 Å². The van der Waals surface area contributed by atoms with Gasteiger partial charge in [0, 0.05) is 18.2 Å². The number of rotatable bonds is 3. The van der Waals surface area contributed by atoms with Gasteiger partial charge >= 0.3 is 0 Å². The molecule has 1 aromatic carbocycles. The first-order valence-electron chi connectivity index (χ1n) is 10.1. The zero-order chi connectivity index (χ0) is 16.4. The maximum atomic E-state index is 6.83. The van der Waals surface area contributed by atoms with Crippen LogP contribution >= 0.6 is 0 Å². The molecule has 132 valence electrons. The van der Waals surface area contributed by atoms with Crippen LogP contribution in [0.4, 0.5) is 0 Å². The summed E-state index contributed by atoms with van der Waals surface area (Å²) >= 11 is 0. The third kappa shape index (κ3) is 1.36. The molecule has 5 atom stereocenters. The summed E-state index contributed by atoms with van der Waals surface area (Å²) in [5.41, 5.74) is 3.02. The number of benzene rings is 1. The monoisotopic (exact) mass is 339 g/mol. The average Bonchev–Trinajstić information content (AvgIpc) is 3.11. The van der Waals surface area contributed by atoms with Crippen LogP contribution in [0.15, 0.2) is 12.1 Å². The molecule has 25 heavy (non-hydrogen) atoms. The Hall–Kier alpha value is -1.26. The minimum Gasteiger partial charge on any atom is -0.493 e. The highest BCUT2D eigenvalue weighted by Crippen LogP contribution is 2.71. The van der Waals surface area contributed by atoms with Crippen LogP contribution < -0.4 is 9.47 Å². The molecule has 6 aliphatic rings. The van der Waals surface area contributed by atoms with Gasteiger partial charge in [-0.3, -0.25) is 4.90 Å². The average molecular weight is 339 g/mol. The lowest BCUT2D eigenvalue weighted by molar-refractivity contribution is -0.122. The minimum atomic E-state index is -0.0138. The molecule has 4 bridgehead atoms. The third-order valence-electron chi connectivity index (χ3n) is 8.23. The number of piperidine rings is 1. The van der Waals surface area contributed by atoms with E-state index in [2.05, 4.69) is 17.0 Å². The van der Waals surface area contributed by atoms with Gasteiger partial charge in [-0.05, 0) is 62.6 Å². The molecular weight excluding hydrogens is 314 g/mol. The van der Waals surface area contributed by atoms with Gasteiger partial charge in [-0.25, -0.2) is 0 Å². The quantitative estimate of drug-likeness (QED) is 0.847. The fourth-order valence-corrected chi connectivity index (χ4v) is 7.19. The standard InChI is InChI=1S/C21H25NO3/c1-23-14-5-4-13-10-16-21-7-6-15(25-21)19-20(21,17(13)18(14)24-19)8-9-22(16)11-12-2-3-12/h4-5,12,15-16,19H,2-3,6-11H2,1H3/t15-,16?,19-,20-,21+/m1/s1. The van der Waals surface area contributed by atoms with Crippen molar-refractivity contribution in [3.8, 4) is 11.5 Å². The highest BCUT2D eigenvalue weighted by Gasteiger charge is 2.79. The van der Waals surface area contributed by atoms with E-state index in [1.807, 2.05) is 0 Å². The Balaban J connectivity index is 1.46. The number of ether oxygens (including phenoxy) is 3. The fraction of sp³-hybridized carbons (Fsp3) is 0.714. The van der Waals surface area contributed by atoms with Crippen molar-refractivity contribution in [2.45, 2.75) is 67.8 Å². The topological polar surface area (TPSA) is 30.9 Å². The van der Waals surface area contributed by atoms with E-state index in [0.717, 1.165) is 30.3 Å². The Kier molecular flexibility index (Phi) is 2.32. The van der Waals surface area contributed by atoms with Gasteiger partial charge < -0.3 is 14.2 Å². The number of methoxy groups -OCH3 is 1. The first-order valence-corrected chi connectivity index (χ1v) is 10.1. The molecule has 4 heterocycles. The van der Waals surface area contributed by atoms with Crippen LogP contribution in [0, 0.1) is 5.92 Å². The largest absolute Gasteiger partial charge is 0.493 e. The van der Waals surface area contributed by atoms with E-state index in [0.29, 0.717) is 6.04 Å². The summed E-state index contributed by atoms with van der Waals surface area (Å²) in [7, 11) is 1.76. The van der Waals surface area contributed by atoms with Gasteiger partial charge in [0.05, 0.1) is 24.2 Å². The van der Waals surface area contributed by atoms with Crippen molar-refractivity contribution in [1.29, 1.82) is 0 Å². The van der Waals surface area contributed by atoms with E-state index in [1.54, 1.807) is 7.11 Å². The highest BCUT2D eigenvalue weighted by atomic mass is 16.6. The molecule has 1 unspecified atom stereocenters. The fourth-order valence-electron chi connectivity index (χ4n) is 7.19. The van der Waals surface area contributed by atoms with Gasteiger partial charge in [-0.2, -0.15) is 0 Å². The summed E-state index contributed by atoms with van der Waals surface area (Å²) in [6.07, 6.45) is 7.99. The SMILES string of the molecule is COc1ccc2c3c1O[C@@H]1[C@H]4CC[C@]5(O4)C(C2)N(CC2CC2)CC[C@@]315. The molecule has 1 aromatic rings. The van der Waals surface area contributed by atoms with Crippen LogP contribution in [0.5, 0.6) is 11.5 Å². The van der Waals surface area contributed by atoms with Gasteiger partial charge in [-0.1, -0.05) is 6.07 Å². The van der Waals surface area contributed by atoms with Crippen molar-refractivity contribution >= 4 is 0 Å². The summed E-state index contributed by atoms with van der Waals surface area (Å²) in [4.78, 5) is 2.79. The molecule has 4 fully saturated rings. The van der Waals surface area contributed by atoms with Crippen molar-refractivity contribution in [2.75, 3.05) is 20.2 Å². The molecule has 1 saturated carbocycles. The number of hydrogen-bond acceptors (Lipinski definition) is 4. The van der Waals surface area contributed by atoms with E-state index in [-0.39, 0.29) is 23.2 Å². The molecule has 2 spiro atoms. The lowest BCUT2D eigenvalue weighted by Crippen LogP contribution is -2.71. The van der Waals surface area contributed by atoms with Crippen LogP contribution in [0.25, 0.3) is 0 Å². The summed E-state index contributed by atoms with van der Waals surface area (Å²) < 4.78 is 19.1. The number of likely N-dealkylation sites (tertiary alicyclic amines) is 1. The van der Waals surface area contributed by atoms with Crippen molar-refractivity contribution in [3.05, 3.63) is 23.3 Å². The van der Waals surface area contributed by atoms with Crippen molar-refractivity contribution in [1.82, 2.24) is 4.90 Å². The Labute approximate surface area is 148 Å². The second kappa shape index (κ2) is 4.17. The summed E-state index contributed by atoms with van der Waals surface area (Å²) in [5.74, 6) is 2.89. The third-order valence-corrected chi connectivity index (χ3v) is 8.23. The second-order valence-corrected chi connectivity index (χ2v) is 9.13. The van der Waals surface area contributed by atoms with E-state index >= 15 is 0 Å². The minimum absolute atomic E-state index is 0.0138. The number of nitrogens with zero attached hydrogens (tertiary/aromatic N) is 1. The van der Waals surface area contributed by atoms with Crippen LogP contribution in [0.3, 0.4) is 0 Å². The molecule has 7 rings (SSSR count). The zero-order valence-corrected chi connectivity index (χ0v) is 14.8. The van der Waals surface area contributed by atoms with Gasteiger partial charge in [0.1, 0.15) is 6.10 Å². The van der Waals surface area contributed by atoms with Crippen LogP contribution in [-0.4, -0.2) is 49.0 Å². The molecular formula is C21H25NO3. The predicted octanol–water partition coefficient (Wildman–Crippen LogP) is 2.67. The number of fused-ring (bicyclic) bond motifs is 2. The molecule has 0 radical (unpaired) electrons. The van der Waals surface area contributed by atoms with Crippen LogP contribution in [-0.2, 0) is 16.6 Å². The Bertz CT molecular complexity index is 790. The van der Waals surface area contributed by atoms with Crippen LogP contribution in [0.1, 0.15) is 43.2 Å². The first kappa shape index (κ1) is 13.9. The number of hydrogen-bond donors (Lipinski definition) is 0. The van der Waals surface area contributed by atoms with Gasteiger partial charge in [-0.15, -0.1) is 0 Å². The summed E-state index contributed by atoms with van der Waals surface area (Å²) in [6, 6.07) is 4.96. The molecule has 0 amide bonds. The highest BCUT2D eigenvalue weighted by molar-refractivity contribution is 5.64. The van der Waals surface area contributed by atoms with Gasteiger partial charge in [0.2, 0.25) is 0 Å². The molecule has 4 aliphatic heterocycles. The van der Waals surface area contributed by atoms with E-state index in [1.165, 1.54) is 49.9 Å². The Morgan fingerprint density at radius 3 is 3.00 bits per heavy atom. The van der Waals surface area contributed by atoms with E-state index in [4.69, 9.17) is 14.2 Å². The van der Waals surface area contributed by atoms with Gasteiger partial charge in [0.15, 0.2) is 11.5 Å². The normalized spacial score (nSPS) is 45.4. The molecule has 4 nitrogen and oxygen atoms in total. The van der Waals surface area contributed by atoms with Crippen LogP contribution in [0.2, 0.25) is 0 Å². The molecule has 0 N–H and O–H groups in total. The van der Waals surface area contributed by atoms with Gasteiger partial charge in [0.25, 0.3) is 0 Å². The molecule has 3 saturated heterocycles. The van der Waals surface area contributed by atoms with Crippen molar-refractivity contribution < 1.29 is 14.2 Å². The molecule has 0 aromatic heterocycles. The zero-order valence-electron chi connectivity index (χ0n) is 14.8. The lowest BCUT2D eigenvalue weighted by Gasteiger charge is -2.59. The maximum absolute atomic E-state index is 6.83. The lowest BCUT2D eigenvalue weighted by atomic mass is 9.51. The maximum Gasteiger partial charge on any atom is 0.166 e. The molecule has 2 aliphatic carbocycles. The smallest absolute Gasteiger partial charge is 0.166 e. The second-order valence-electron chi connectivity index (χ2n) is 9.13. The Morgan fingerprint density at radius 1 is 1.24 bits per heavy atom. The Morgan fingerprint density at radius 2 is 2.16 bits per heavy atom. The molecule has 4 heteroatoms. The predicted molar refractivity (Wildman–Crippen MR) is 92.3 cm³/mol. The van der Waals surface area contributed by atoms with E-state index in [9.17, 15) is 0 Å². The summed E-state index contributed by atoms with van der Waals surface area (Å²) in [6.45, 7) is 2.48. The first-order chi connectivity index (χ1) is 12.3.